The number of rotatable bonds is 1. The number of hydrogen-bond donors (Lipinski definition) is 0. The molecule has 2 aliphatic heterocycles. The Morgan fingerprint density at radius 3 is 2.93 bits per heavy atom. The van der Waals surface area contributed by atoms with Crippen molar-refractivity contribution in [3.8, 4) is 0 Å². The van der Waals surface area contributed by atoms with E-state index < -0.39 is 0 Å². The zero-order valence-corrected chi connectivity index (χ0v) is 9.52. The first kappa shape index (κ1) is 9.61. The number of nitrogens with zero attached hydrogens (tertiary/aromatic N) is 1. The van der Waals surface area contributed by atoms with Crippen molar-refractivity contribution in [2.24, 2.45) is 11.8 Å². The topological polar surface area (TPSA) is 12.5 Å². The summed E-state index contributed by atoms with van der Waals surface area (Å²) in [5, 5.41) is 0. The average Bonchev–Trinajstić information content (AvgIpc) is 2.47. The van der Waals surface area contributed by atoms with Gasteiger partial charge in [0.1, 0.15) is 5.72 Å². The number of allylic oxidation sites excluding steroid dienone is 2. The zero-order chi connectivity index (χ0) is 10.5. The van der Waals surface area contributed by atoms with E-state index in [0.717, 1.165) is 5.92 Å². The Hall–Kier alpha value is -0.600. The Balaban J connectivity index is 2.05. The number of hydrogen-bond acceptors (Lipinski definition) is 2. The van der Waals surface area contributed by atoms with E-state index in [1.165, 1.54) is 19.3 Å². The zero-order valence-electron chi connectivity index (χ0n) is 9.52. The lowest BCUT2D eigenvalue weighted by atomic mass is 9.81. The van der Waals surface area contributed by atoms with Crippen LogP contribution in [0.5, 0.6) is 0 Å². The van der Waals surface area contributed by atoms with Gasteiger partial charge in [0.05, 0.1) is 0 Å². The number of ether oxygens (including phenoxy) is 1. The molecule has 0 spiro atoms. The summed E-state index contributed by atoms with van der Waals surface area (Å²) in [4.78, 5) is 2.48. The number of fused-ring (bicyclic) bond motifs is 6. The highest BCUT2D eigenvalue weighted by Crippen LogP contribution is 2.50. The molecule has 0 amide bonds. The van der Waals surface area contributed by atoms with Gasteiger partial charge in [-0.05, 0) is 32.2 Å². The van der Waals surface area contributed by atoms with E-state index in [-0.39, 0.29) is 5.72 Å². The Morgan fingerprint density at radius 2 is 2.13 bits per heavy atom. The second-order valence-corrected chi connectivity index (χ2v) is 5.04. The molecule has 4 bridgehead atoms. The summed E-state index contributed by atoms with van der Waals surface area (Å²) in [5.74, 6) is 1.28. The Labute approximate surface area is 91.6 Å². The summed E-state index contributed by atoms with van der Waals surface area (Å²) in [6.07, 6.45) is 12.8. The molecule has 1 aliphatic carbocycles. The lowest BCUT2D eigenvalue weighted by Crippen LogP contribution is -2.56. The van der Waals surface area contributed by atoms with Gasteiger partial charge in [-0.3, -0.25) is 4.90 Å². The molecule has 2 nitrogen and oxygen atoms in total. The van der Waals surface area contributed by atoms with Crippen molar-refractivity contribution in [2.45, 2.75) is 31.0 Å². The summed E-state index contributed by atoms with van der Waals surface area (Å²) < 4.78 is 5.87. The maximum atomic E-state index is 5.87. The van der Waals surface area contributed by atoms with Crippen molar-refractivity contribution >= 4 is 0 Å². The predicted molar refractivity (Wildman–Crippen MR) is 60.4 cm³/mol. The highest BCUT2D eigenvalue weighted by atomic mass is 16.5. The van der Waals surface area contributed by atoms with Crippen molar-refractivity contribution in [3.05, 3.63) is 24.3 Å². The van der Waals surface area contributed by atoms with Crippen LogP contribution in [0, 0.1) is 11.8 Å². The molecule has 4 atom stereocenters. The SMILES string of the molecule is CO[C@]12CC[C@H](C3C=CC=CC1C3)N2C. The summed E-state index contributed by atoms with van der Waals surface area (Å²) in [6, 6.07) is 0.692. The minimum Gasteiger partial charge on any atom is -0.363 e. The van der Waals surface area contributed by atoms with Gasteiger partial charge in [0.15, 0.2) is 0 Å². The van der Waals surface area contributed by atoms with Gasteiger partial charge in [0, 0.05) is 19.1 Å². The quantitative estimate of drug-likeness (QED) is 0.650. The predicted octanol–water partition coefficient (Wildman–Crippen LogP) is 2.19. The fourth-order valence-electron chi connectivity index (χ4n) is 3.83. The standard InChI is InChI=1S/C13H19NO/c1-14-12-7-8-13(14,15-2)11-6-4-3-5-10(12)9-11/h3-6,10-12H,7-9H2,1-2H3/t10?,11?,12-,13-/m1/s1. The molecule has 0 aromatic heterocycles. The van der Waals surface area contributed by atoms with E-state index in [9.17, 15) is 0 Å². The molecule has 0 N–H and O–H groups in total. The van der Waals surface area contributed by atoms with Crippen LogP contribution in [0.1, 0.15) is 19.3 Å². The van der Waals surface area contributed by atoms with Crippen LogP contribution in [0.2, 0.25) is 0 Å². The third kappa shape index (κ3) is 1.12. The molecular formula is C13H19NO. The lowest BCUT2D eigenvalue weighted by molar-refractivity contribution is -0.164. The van der Waals surface area contributed by atoms with Crippen LogP contribution in [-0.4, -0.2) is 30.8 Å². The number of piperidine rings is 1. The molecule has 3 rings (SSSR count). The van der Waals surface area contributed by atoms with Crippen LogP contribution >= 0.6 is 0 Å². The molecule has 2 fully saturated rings. The van der Waals surface area contributed by atoms with Crippen LogP contribution in [-0.2, 0) is 4.74 Å². The van der Waals surface area contributed by atoms with Crippen LogP contribution in [0.15, 0.2) is 24.3 Å². The Morgan fingerprint density at radius 1 is 1.33 bits per heavy atom. The summed E-state index contributed by atoms with van der Waals surface area (Å²) in [7, 11) is 4.10. The van der Waals surface area contributed by atoms with Gasteiger partial charge in [0.2, 0.25) is 0 Å². The highest BCUT2D eigenvalue weighted by Gasteiger charge is 2.55. The minimum atomic E-state index is -0.0102. The molecule has 0 aromatic carbocycles. The van der Waals surface area contributed by atoms with E-state index in [0.29, 0.717) is 12.0 Å². The van der Waals surface area contributed by atoms with Gasteiger partial charge in [-0.15, -0.1) is 0 Å². The first-order chi connectivity index (χ1) is 7.28. The van der Waals surface area contributed by atoms with Crippen molar-refractivity contribution in [1.29, 1.82) is 0 Å². The summed E-state index contributed by atoms with van der Waals surface area (Å²) >= 11 is 0. The van der Waals surface area contributed by atoms with Gasteiger partial charge in [0.25, 0.3) is 0 Å². The monoisotopic (exact) mass is 205 g/mol. The van der Waals surface area contributed by atoms with E-state index in [1.807, 2.05) is 7.11 Å². The minimum absolute atomic E-state index is 0.0102. The molecule has 0 aromatic rings. The second kappa shape index (κ2) is 3.19. The van der Waals surface area contributed by atoms with Gasteiger partial charge in [-0.1, -0.05) is 24.3 Å². The normalized spacial score (nSPS) is 48.3. The van der Waals surface area contributed by atoms with E-state index in [1.54, 1.807) is 0 Å². The second-order valence-electron chi connectivity index (χ2n) is 5.04. The molecule has 2 heteroatoms. The summed E-state index contributed by atoms with van der Waals surface area (Å²) in [5.41, 5.74) is -0.0102. The fourth-order valence-corrected chi connectivity index (χ4v) is 3.83. The Bertz CT molecular complexity index is 322. The first-order valence-electron chi connectivity index (χ1n) is 5.91. The highest BCUT2D eigenvalue weighted by molar-refractivity contribution is 5.20. The van der Waals surface area contributed by atoms with Crippen LogP contribution in [0.3, 0.4) is 0 Å². The lowest BCUT2D eigenvalue weighted by Gasteiger charge is -2.48. The fraction of sp³-hybridized carbons (Fsp3) is 0.692. The molecule has 0 radical (unpaired) electrons. The van der Waals surface area contributed by atoms with Crippen LogP contribution in [0.25, 0.3) is 0 Å². The molecule has 0 saturated carbocycles. The van der Waals surface area contributed by atoms with Gasteiger partial charge in [-0.25, -0.2) is 0 Å². The summed E-state index contributed by atoms with van der Waals surface area (Å²) in [6.45, 7) is 0. The molecular weight excluding hydrogens is 186 g/mol. The Kier molecular flexibility index (Phi) is 2.05. The van der Waals surface area contributed by atoms with Crippen LogP contribution in [0.4, 0.5) is 0 Å². The third-order valence-corrected chi connectivity index (χ3v) is 4.66. The first-order valence-corrected chi connectivity index (χ1v) is 5.91. The largest absolute Gasteiger partial charge is 0.363 e. The maximum absolute atomic E-state index is 5.87. The van der Waals surface area contributed by atoms with E-state index >= 15 is 0 Å². The molecule has 2 unspecified atom stereocenters. The van der Waals surface area contributed by atoms with Gasteiger partial charge >= 0.3 is 0 Å². The van der Waals surface area contributed by atoms with Crippen molar-refractivity contribution < 1.29 is 4.74 Å². The van der Waals surface area contributed by atoms with Crippen molar-refractivity contribution in [3.63, 3.8) is 0 Å². The van der Waals surface area contributed by atoms with Gasteiger partial charge in [-0.2, -0.15) is 0 Å². The molecule has 15 heavy (non-hydrogen) atoms. The molecule has 3 aliphatic rings. The van der Waals surface area contributed by atoms with Crippen LogP contribution < -0.4 is 0 Å². The molecule has 2 heterocycles. The molecule has 82 valence electrons. The van der Waals surface area contributed by atoms with E-state index in [4.69, 9.17) is 4.74 Å². The average molecular weight is 205 g/mol. The smallest absolute Gasteiger partial charge is 0.127 e. The van der Waals surface area contributed by atoms with Gasteiger partial charge < -0.3 is 4.74 Å². The third-order valence-electron chi connectivity index (χ3n) is 4.66. The molecule has 2 saturated heterocycles. The van der Waals surface area contributed by atoms with Crippen molar-refractivity contribution in [2.75, 3.05) is 14.2 Å². The number of methoxy groups -OCH3 is 1. The van der Waals surface area contributed by atoms with E-state index in [2.05, 4.69) is 36.3 Å². The maximum Gasteiger partial charge on any atom is 0.127 e. The van der Waals surface area contributed by atoms with Crippen molar-refractivity contribution in [1.82, 2.24) is 4.90 Å².